The van der Waals surface area contributed by atoms with Crippen LogP contribution in [-0.4, -0.2) is 20.1 Å². The fraction of sp³-hybridized carbons (Fsp3) is 0.500. The van der Waals surface area contributed by atoms with Gasteiger partial charge >= 0.3 is 0 Å². The molecular weight excluding hydrogens is 262 g/mol. The van der Waals surface area contributed by atoms with E-state index in [-0.39, 0.29) is 10.6 Å². The van der Waals surface area contributed by atoms with Gasteiger partial charge in [-0.15, -0.1) is 0 Å². The lowest BCUT2D eigenvalue weighted by Crippen LogP contribution is -2.44. The van der Waals surface area contributed by atoms with E-state index in [0.29, 0.717) is 12.8 Å². The number of carbonyl (C=O) groups excluding carboxylic acids is 1. The summed E-state index contributed by atoms with van der Waals surface area (Å²) in [6.07, 6.45) is 3.93. The van der Waals surface area contributed by atoms with Crippen LogP contribution >= 0.6 is 0 Å². The lowest BCUT2D eigenvalue weighted by Gasteiger charge is -2.33. The van der Waals surface area contributed by atoms with E-state index >= 15 is 0 Å². The molecule has 1 aromatic rings. The number of hydrogen-bond acceptors (Lipinski definition) is 3. The Bertz CT molecular complexity index is 545. The minimum Gasteiger partial charge on any atom is -0.369 e. The summed E-state index contributed by atoms with van der Waals surface area (Å²) in [7, 11) is -3.46. The molecule has 2 N–H and O–H groups in total. The van der Waals surface area contributed by atoms with Gasteiger partial charge in [0.05, 0.1) is 16.1 Å². The van der Waals surface area contributed by atoms with E-state index in [1.807, 2.05) is 0 Å². The summed E-state index contributed by atoms with van der Waals surface area (Å²) in [6.45, 7) is 0. The highest BCUT2D eigenvalue weighted by atomic mass is 32.2. The maximum absolute atomic E-state index is 12.4. The van der Waals surface area contributed by atoms with Crippen LogP contribution < -0.4 is 5.73 Å². The zero-order valence-electron chi connectivity index (χ0n) is 10.8. The third-order valence-corrected chi connectivity index (χ3v) is 5.83. The van der Waals surface area contributed by atoms with Crippen LogP contribution in [0.4, 0.5) is 0 Å². The van der Waals surface area contributed by atoms with Gasteiger partial charge in [0.15, 0.2) is 9.84 Å². The number of primary amides is 1. The second-order valence-electron chi connectivity index (χ2n) is 5.28. The molecule has 5 heteroatoms. The molecule has 1 aliphatic rings. The fourth-order valence-electron chi connectivity index (χ4n) is 2.77. The smallest absolute Gasteiger partial charge is 0.224 e. The minimum atomic E-state index is -3.46. The van der Waals surface area contributed by atoms with Crippen molar-refractivity contribution in [3.63, 3.8) is 0 Å². The van der Waals surface area contributed by atoms with Crippen LogP contribution in [0.2, 0.25) is 0 Å². The first-order valence-electron chi connectivity index (χ1n) is 6.54. The van der Waals surface area contributed by atoms with Gasteiger partial charge in [0, 0.05) is 0 Å². The first-order chi connectivity index (χ1) is 8.96. The molecule has 1 fully saturated rings. The van der Waals surface area contributed by atoms with Crippen LogP contribution in [0.5, 0.6) is 0 Å². The van der Waals surface area contributed by atoms with Gasteiger partial charge in [0.2, 0.25) is 5.91 Å². The molecule has 1 aliphatic carbocycles. The topological polar surface area (TPSA) is 77.2 Å². The molecule has 0 aromatic heterocycles. The Morgan fingerprint density at radius 3 is 2.21 bits per heavy atom. The predicted octanol–water partition coefficient (Wildman–Crippen LogP) is 1.90. The Balaban J connectivity index is 2.29. The van der Waals surface area contributed by atoms with Crippen LogP contribution in [-0.2, 0) is 14.6 Å². The second kappa shape index (κ2) is 5.33. The molecule has 1 saturated carbocycles. The van der Waals surface area contributed by atoms with E-state index in [1.165, 1.54) is 0 Å². The highest BCUT2D eigenvalue weighted by Gasteiger charge is 2.42. The fourth-order valence-corrected chi connectivity index (χ4v) is 4.66. The highest BCUT2D eigenvalue weighted by Crippen LogP contribution is 2.38. The van der Waals surface area contributed by atoms with Crippen molar-refractivity contribution in [3.05, 3.63) is 30.3 Å². The standard InChI is InChI=1S/C14H19NO3S/c15-13(16)14(9-5-2-6-10-14)11-19(17,18)12-7-3-1-4-8-12/h1,3-4,7-8H,2,5-6,9-11H2,(H2,15,16). The number of amides is 1. The molecule has 0 saturated heterocycles. The van der Waals surface area contributed by atoms with Gasteiger partial charge in [0.25, 0.3) is 0 Å². The van der Waals surface area contributed by atoms with E-state index in [9.17, 15) is 13.2 Å². The van der Waals surface area contributed by atoms with Gasteiger partial charge in [-0.25, -0.2) is 8.42 Å². The van der Waals surface area contributed by atoms with Crippen molar-refractivity contribution in [1.82, 2.24) is 0 Å². The quantitative estimate of drug-likeness (QED) is 0.915. The molecule has 0 aliphatic heterocycles. The first-order valence-corrected chi connectivity index (χ1v) is 8.19. The van der Waals surface area contributed by atoms with Gasteiger partial charge in [0.1, 0.15) is 0 Å². The summed E-state index contributed by atoms with van der Waals surface area (Å²) in [4.78, 5) is 12.0. The van der Waals surface area contributed by atoms with Gasteiger partial charge in [-0.2, -0.15) is 0 Å². The second-order valence-corrected chi connectivity index (χ2v) is 7.27. The lowest BCUT2D eigenvalue weighted by atomic mass is 9.75. The Kier molecular flexibility index (Phi) is 3.94. The minimum absolute atomic E-state index is 0.167. The molecule has 1 amide bonds. The van der Waals surface area contributed by atoms with Crippen LogP contribution in [0.25, 0.3) is 0 Å². The number of carbonyl (C=O) groups is 1. The Morgan fingerprint density at radius 2 is 1.68 bits per heavy atom. The molecule has 4 nitrogen and oxygen atoms in total. The average Bonchev–Trinajstić information content (AvgIpc) is 2.40. The zero-order valence-corrected chi connectivity index (χ0v) is 11.7. The SMILES string of the molecule is NC(=O)C1(CS(=O)(=O)c2ccccc2)CCCCC1. The van der Waals surface area contributed by atoms with E-state index in [4.69, 9.17) is 5.73 Å². The molecule has 0 spiro atoms. The molecule has 0 heterocycles. The summed E-state index contributed by atoms with van der Waals surface area (Å²) < 4.78 is 24.8. The van der Waals surface area contributed by atoms with E-state index in [2.05, 4.69) is 0 Å². The summed E-state index contributed by atoms with van der Waals surface area (Å²) in [5, 5.41) is 0. The first kappa shape index (κ1) is 14.1. The number of nitrogens with two attached hydrogens (primary N) is 1. The number of sulfone groups is 1. The lowest BCUT2D eigenvalue weighted by molar-refractivity contribution is -0.128. The van der Waals surface area contributed by atoms with Crippen LogP contribution in [0, 0.1) is 5.41 Å². The van der Waals surface area contributed by atoms with Crippen molar-refractivity contribution in [2.45, 2.75) is 37.0 Å². The van der Waals surface area contributed by atoms with Crippen molar-refractivity contribution in [1.29, 1.82) is 0 Å². The van der Waals surface area contributed by atoms with Crippen LogP contribution in [0.3, 0.4) is 0 Å². The molecule has 2 rings (SSSR count). The summed E-state index contributed by atoms with van der Waals surface area (Å²) in [5.41, 5.74) is 4.60. The van der Waals surface area contributed by atoms with Gasteiger partial charge < -0.3 is 5.73 Å². The van der Waals surface area contributed by atoms with Gasteiger partial charge in [-0.3, -0.25) is 4.79 Å². The van der Waals surface area contributed by atoms with Crippen molar-refractivity contribution in [2.75, 3.05) is 5.75 Å². The maximum Gasteiger partial charge on any atom is 0.224 e. The normalized spacial score (nSPS) is 18.9. The molecule has 19 heavy (non-hydrogen) atoms. The molecule has 0 unspecified atom stereocenters. The third kappa shape index (κ3) is 2.97. The number of rotatable bonds is 4. The number of benzene rings is 1. The Labute approximate surface area is 113 Å². The average molecular weight is 281 g/mol. The zero-order chi connectivity index (χ0) is 13.9. The number of hydrogen-bond donors (Lipinski definition) is 1. The predicted molar refractivity (Wildman–Crippen MR) is 73.2 cm³/mol. The Hall–Kier alpha value is -1.36. The monoisotopic (exact) mass is 281 g/mol. The van der Waals surface area contributed by atoms with Crippen LogP contribution in [0.15, 0.2) is 35.2 Å². The van der Waals surface area contributed by atoms with Gasteiger partial charge in [-0.05, 0) is 25.0 Å². The van der Waals surface area contributed by atoms with Crippen molar-refractivity contribution >= 4 is 15.7 Å². The highest BCUT2D eigenvalue weighted by molar-refractivity contribution is 7.91. The van der Waals surface area contributed by atoms with Crippen LogP contribution in [0.1, 0.15) is 32.1 Å². The third-order valence-electron chi connectivity index (χ3n) is 3.90. The van der Waals surface area contributed by atoms with E-state index in [1.54, 1.807) is 30.3 Å². The molecule has 0 bridgehead atoms. The summed E-state index contributed by atoms with van der Waals surface area (Å²) >= 11 is 0. The molecule has 104 valence electrons. The molecular formula is C14H19NO3S. The molecule has 0 radical (unpaired) electrons. The van der Waals surface area contributed by atoms with Crippen molar-refractivity contribution in [2.24, 2.45) is 11.1 Å². The Morgan fingerprint density at radius 1 is 1.11 bits per heavy atom. The molecule has 1 aromatic carbocycles. The summed E-state index contributed by atoms with van der Waals surface area (Å²) in [6, 6.07) is 8.26. The largest absolute Gasteiger partial charge is 0.369 e. The summed E-state index contributed by atoms with van der Waals surface area (Å²) in [5.74, 6) is -0.647. The van der Waals surface area contributed by atoms with Crippen molar-refractivity contribution in [3.8, 4) is 0 Å². The maximum atomic E-state index is 12.4. The van der Waals surface area contributed by atoms with E-state index < -0.39 is 21.2 Å². The van der Waals surface area contributed by atoms with E-state index in [0.717, 1.165) is 19.3 Å². The molecule has 0 atom stereocenters. The van der Waals surface area contributed by atoms with Gasteiger partial charge in [-0.1, -0.05) is 37.5 Å². The van der Waals surface area contributed by atoms with Crippen molar-refractivity contribution < 1.29 is 13.2 Å².